The van der Waals surface area contributed by atoms with E-state index in [1.807, 2.05) is 0 Å². The smallest absolute Gasteiger partial charge is 0.254 e. The van der Waals surface area contributed by atoms with Gasteiger partial charge in [-0.05, 0) is 25.0 Å². The molecule has 1 aliphatic rings. The van der Waals surface area contributed by atoms with E-state index >= 15 is 0 Å². The number of nitrogens with one attached hydrogen (secondary N) is 1. The molecule has 1 aromatic rings. The van der Waals surface area contributed by atoms with Crippen LogP contribution in [-0.4, -0.2) is 18.0 Å². The Hall–Kier alpha value is -1.49. The number of amides is 1. The van der Waals surface area contributed by atoms with E-state index in [0.717, 1.165) is 44.2 Å². The molecule has 0 saturated heterocycles. The summed E-state index contributed by atoms with van der Waals surface area (Å²) in [6.07, 6.45) is 4.82. The van der Waals surface area contributed by atoms with Crippen molar-refractivity contribution in [3.05, 3.63) is 35.4 Å². The second-order valence-electron chi connectivity index (χ2n) is 5.01. The topological polar surface area (TPSA) is 55.1 Å². The normalized spacial score (nSPS) is 23.7. The number of carbonyl (C=O) groups excluding carboxylic acids is 1. The first-order valence-electron chi connectivity index (χ1n) is 6.59. The number of nitrogens with two attached hydrogens (primary N) is 1. The largest absolute Gasteiger partial charge is 0.348 e. The Bertz CT molecular complexity index is 465. The molecule has 1 saturated carbocycles. The molecule has 1 fully saturated rings. The van der Waals surface area contributed by atoms with Gasteiger partial charge in [-0.2, -0.15) is 0 Å². The summed E-state index contributed by atoms with van der Waals surface area (Å²) in [6.45, 7) is 0. The third kappa shape index (κ3) is 3.50. The monoisotopic (exact) mass is 268 g/mol. The fraction of sp³-hybridized carbons (Fsp3) is 0.500. The van der Waals surface area contributed by atoms with Crippen LogP contribution in [0, 0.1) is 11.6 Å². The van der Waals surface area contributed by atoms with Crippen molar-refractivity contribution in [3.8, 4) is 0 Å². The zero-order valence-electron chi connectivity index (χ0n) is 10.7. The van der Waals surface area contributed by atoms with E-state index in [1.54, 1.807) is 0 Å². The molecule has 5 heteroatoms. The summed E-state index contributed by atoms with van der Waals surface area (Å²) in [5, 5.41) is 2.76. The van der Waals surface area contributed by atoms with Gasteiger partial charge in [0.2, 0.25) is 0 Å². The lowest BCUT2D eigenvalue weighted by Gasteiger charge is -2.22. The van der Waals surface area contributed by atoms with Crippen molar-refractivity contribution in [1.29, 1.82) is 0 Å². The van der Waals surface area contributed by atoms with Crippen molar-refractivity contribution in [2.75, 3.05) is 0 Å². The Morgan fingerprint density at radius 2 is 1.95 bits per heavy atom. The molecule has 1 aromatic carbocycles. The summed E-state index contributed by atoms with van der Waals surface area (Å²) < 4.78 is 26.3. The van der Waals surface area contributed by atoms with E-state index < -0.39 is 17.5 Å². The van der Waals surface area contributed by atoms with Crippen LogP contribution in [0.1, 0.15) is 42.5 Å². The molecule has 104 valence electrons. The summed E-state index contributed by atoms with van der Waals surface area (Å²) >= 11 is 0. The van der Waals surface area contributed by atoms with Gasteiger partial charge >= 0.3 is 0 Å². The van der Waals surface area contributed by atoms with Crippen LogP contribution in [0.3, 0.4) is 0 Å². The quantitative estimate of drug-likeness (QED) is 0.809. The Kier molecular flexibility index (Phi) is 4.47. The lowest BCUT2D eigenvalue weighted by Crippen LogP contribution is -2.47. The van der Waals surface area contributed by atoms with Gasteiger partial charge < -0.3 is 11.1 Å². The first-order chi connectivity index (χ1) is 9.08. The molecule has 19 heavy (non-hydrogen) atoms. The number of halogens is 2. The molecule has 0 bridgehead atoms. The van der Waals surface area contributed by atoms with E-state index in [9.17, 15) is 13.6 Å². The molecule has 0 heterocycles. The molecule has 0 spiro atoms. The third-order valence-corrected chi connectivity index (χ3v) is 3.56. The molecule has 3 N–H and O–H groups in total. The van der Waals surface area contributed by atoms with Crippen LogP contribution in [0.5, 0.6) is 0 Å². The molecule has 2 atom stereocenters. The molecule has 3 nitrogen and oxygen atoms in total. The minimum Gasteiger partial charge on any atom is -0.348 e. The van der Waals surface area contributed by atoms with E-state index in [0.29, 0.717) is 6.07 Å². The van der Waals surface area contributed by atoms with Crippen molar-refractivity contribution in [3.63, 3.8) is 0 Å². The van der Waals surface area contributed by atoms with Gasteiger partial charge in [0.15, 0.2) is 0 Å². The molecule has 1 amide bonds. The molecular weight excluding hydrogens is 250 g/mol. The molecule has 2 unspecified atom stereocenters. The second-order valence-corrected chi connectivity index (χ2v) is 5.01. The van der Waals surface area contributed by atoms with E-state index in [4.69, 9.17) is 5.73 Å². The highest BCUT2D eigenvalue weighted by Gasteiger charge is 2.23. The van der Waals surface area contributed by atoms with Crippen molar-refractivity contribution in [2.45, 2.75) is 44.2 Å². The predicted octanol–water partition coefficient (Wildman–Crippen LogP) is 2.35. The van der Waals surface area contributed by atoms with Gasteiger partial charge in [0.05, 0.1) is 5.56 Å². The van der Waals surface area contributed by atoms with Gasteiger partial charge in [0.1, 0.15) is 11.6 Å². The lowest BCUT2D eigenvalue weighted by molar-refractivity contribution is 0.0924. The highest BCUT2D eigenvalue weighted by molar-refractivity contribution is 5.94. The van der Waals surface area contributed by atoms with E-state index in [-0.39, 0.29) is 17.6 Å². The second kappa shape index (κ2) is 6.10. The van der Waals surface area contributed by atoms with Gasteiger partial charge in [-0.3, -0.25) is 4.79 Å². The zero-order chi connectivity index (χ0) is 13.8. The SMILES string of the molecule is NC1CCCCCC1NC(=O)c1ccc(F)cc1F. The van der Waals surface area contributed by atoms with Crippen LogP contribution in [0.25, 0.3) is 0 Å². The predicted molar refractivity (Wildman–Crippen MR) is 68.7 cm³/mol. The maximum absolute atomic E-state index is 13.5. The van der Waals surface area contributed by atoms with Crippen LogP contribution in [-0.2, 0) is 0 Å². The number of carbonyl (C=O) groups is 1. The van der Waals surface area contributed by atoms with E-state index in [2.05, 4.69) is 5.32 Å². The molecule has 2 rings (SSSR count). The summed E-state index contributed by atoms with van der Waals surface area (Å²) in [5.41, 5.74) is 5.86. The summed E-state index contributed by atoms with van der Waals surface area (Å²) in [4.78, 5) is 12.0. The molecule has 0 aromatic heterocycles. The maximum Gasteiger partial charge on any atom is 0.254 e. The Morgan fingerprint density at radius 3 is 2.68 bits per heavy atom. The fourth-order valence-corrected chi connectivity index (χ4v) is 2.44. The van der Waals surface area contributed by atoms with Crippen molar-refractivity contribution < 1.29 is 13.6 Å². The first kappa shape index (κ1) is 13.9. The van der Waals surface area contributed by atoms with Crippen LogP contribution < -0.4 is 11.1 Å². The minimum atomic E-state index is -0.848. The van der Waals surface area contributed by atoms with Gasteiger partial charge in [-0.1, -0.05) is 19.3 Å². The lowest BCUT2D eigenvalue weighted by atomic mass is 10.0. The number of hydrogen-bond donors (Lipinski definition) is 2. The van der Waals surface area contributed by atoms with Gasteiger partial charge in [-0.25, -0.2) is 8.78 Å². The fourth-order valence-electron chi connectivity index (χ4n) is 2.44. The minimum absolute atomic E-state index is 0.102. The first-order valence-corrected chi connectivity index (χ1v) is 6.59. The number of benzene rings is 1. The maximum atomic E-state index is 13.5. The highest BCUT2D eigenvalue weighted by atomic mass is 19.1. The Labute approximate surface area is 111 Å². The van der Waals surface area contributed by atoms with Crippen LogP contribution in [0.4, 0.5) is 8.78 Å². The van der Waals surface area contributed by atoms with Gasteiger partial charge in [0, 0.05) is 18.2 Å². The van der Waals surface area contributed by atoms with E-state index in [1.165, 1.54) is 0 Å². The average Bonchev–Trinajstić information content (AvgIpc) is 2.55. The summed E-state index contributed by atoms with van der Waals surface area (Å²) in [6, 6.07) is 2.70. The number of hydrogen-bond acceptors (Lipinski definition) is 2. The average molecular weight is 268 g/mol. The standard InChI is InChI=1S/C14H18F2N2O/c15-9-6-7-10(11(16)8-9)14(19)18-13-5-3-1-2-4-12(13)17/h6-8,12-13H,1-5,17H2,(H,18,19). The molecule has 0 radical (unpaired) electrons. The molecule has 0 aliphatic heterocycles. The molecule has 1 aliphatic carbocycles. The third-order valence-electron chi connectivity index (χ3n) is 3.56. The Morgan fingerprint density at radius 1 is 1.21 bits per heavy atom. The van der Waals surface area contributed by atoms with Crippen molar-refractivity contribution in [2.24, 2.45) is 5.73 Å². The van der Waals surface area contributed by atoms with Crippen LogP contribution >= 0.6 is 0 Å². The van der Waals surface area contributed by atoms with Gasteiger partial charge in [0.25, 0.3) is 5.91 Å². The summed E-state index contributed by atoms with van der Waals surface area (Å²) in [5.74, 6) is -2.07. The van der Waals surface area contributed by atoms with Crippen LogP contribution in [0.2, 0.25) is 0 Å². The number of rotatable bonds is 2. The Balaban J connectivity index is 2.07. The van der Waals surface area contributed by atoms with Crippen LogP contribution in [0.15, 0.2) is 18.2 Å². The van der Waals surface area contributed by atoms with Crippen molar-refractivity contribution >= 4 is 5.91 Å². The highest BCUT2D eigenvalue weighted by Crippen LogP contribution is 2.18. The van der Waals surface area contributed by atoms with Crippen molar-refractivity contribution in [1.82, 2.24) is 5.32 Å². The van der Waals surface area contributed by atoms with Gasteiger partial charge in [-0.15, -0.1) is 0 Å². The zero-order valence-corrected chi connectivity index (χ0v) is 10.7. The summed E-state index contributed by atoms with van der Waals surface area (Å²) in [7, 11) is 0. The molecular formula is C14H18F2N2O.